The fourth-order valence-corrected chi connectivity index (χ4v) is 1.05. The average molecular weight is 231 g/mol. The highest BCUT2D eigenvalue weighted by Gasteiger charge is 2.36. The van der Waals surface area contributed by atoms with E-state index in [4.69, 9.17) is 9.84 Å². The number of amides is 1. The van der Waals surface area contributed by atoms with E-state index >= 15 is 0 Å². The molecule has 0 heterocycles. The average Bonchev–Trinajstić information content (AvgIpc) is 2.13. The Morgan fingerprint density at radius 2 is 1.75 bits per heavy atom. The van der Waals surface area contributed by atoms with Gasteiger partial charge < -0.3 is 15.2 Å². The van der Waals surface area contributed by atoms with Crippen molar-refractivity contribution in [1.29, 1.82) is 0 Å². The zero-order chi connectivity index (χ0) is 13.0. The van der Waals surface area contributed by atoms with E-state index in [1.54, 1.807) is 0 Å². The number of nitrogens with one attached hydrogen (secondary N) is 1. The molecule has 0 aliphatic heterocycles. The highest BCUT2D eigenvalue weighted by atomic mass is 16.5. The van der Waals surface area contributed by atoms with Gasteiger partial charge in [0.05, 0.1) is 5.60 Å². The molecule has 0 aromatic carbocycles. The van der Waals surface area contributed by atoms with Crippen LogP contribution in [-0.4, -0.2) is 35.7 Å². The van der Waals surface area contributed by atoms with Crippen LogP contribution in [0.25, 0.3) is 0 Å². The topological polar surface area (TPSA) is 75.6 Å². The molecule has 0 spiro atoms. The second kappa shape index (κ2) is 5.30. The van der Waals surface area contributed by atoms with Gasteiger partial charge in [0, 0.05) is 13.2 Å². The minimum absolute atomic E-state index is 0.288. The van der Waals surface area contributed by atoms with Crippen molar-refractivity contribution in [3.63, 3.8) is 0 Å². The second-order valence-corrected chi connectivity index (χ2v) is 4.81. The Balaban J connectivity index is 4.33. The van der Waals surface area contributed by atoms with Crippen LogP contribution in [0.15, 0.2) is 0 Å². The Morgan fingerprint density at radius 1 is 1.25 bits per heavy atom. The van der Waals surface area contributed by atoms with Gasteiger partial charge in [0.1, 0.15) is 5.41 Å². The lowest BCUT2D eigenvalue weighted by atomic mass is 9.92. The fourth-order valence-electron chi connectivity index (χ4n) is 1.05. The van der Waals surface area contributed by atoms with Crippen LogP contribution in [0.1, 0.15) is 34.6 Å². The standard InChI is InChI=1S/C11H21NO4/c1-6-16-10(2,3)7-12-8(13)11(4,5)9(14)15/h6-7H2,1-5H3,(H,12,13)(H,14,15). The Kier molecular flexibility index (Phi) is 4.93. The Labute approximate surface area is 96.2 Å². The molecule has 0 aliphatic rings. The van der Waals surface area contributed by atoms with Gasteiger partial charge in [-0.15, -0.1) is 0 Å². The van der Waals surface area contributed by atoms with Crippen LogP contribution in [0.5, 0.6) is 0 Å². The minimum Gasteiger partial charge on any atom is -0.480 e. The maximum absolute atomic E-state index is 11.6. The van der Waals surface area contributed by atoms with E-state index in [2.05, 4.69) is 5.32 Å². The molecule has 0 bridgehead atoms. The summed E-state index contributed by atoms with van der Waals surface area (Å²) in [5.41, 5.74) is -1.90. The van der Waals surface area contributed by atoms with E-state index in [0.29, 0.717) is 6.61 Å². The number of hydrogen-bond acceptors (Lipinski definition) is 3. The van der Waals surface area contributed by atoms with E-state index in [1.807, 2.05) is 20.8 Å². The van der Waals surface area contributed by atoms with Crippen molar-refractivity contribution in [3.05, 3.63) is 0 Å². The first-order chi connectivity index (χ1) is 7.13. The molecule has 0 radical (unpaired) electrons. The van der Waals surface area contributed by atoms with Crippen molar-refractivity contribution < 1.29 is 19.4 Å². The summed E-state index contributed by atoms with van der Waals surface area (Å²) in [6, 6.07) is 0. The highest BCUT2D eigenvalue weighted by molar-refractivity contribution is 6.00. The summed E-state index contributed by atoms with van der Waals surface area (Å²) in [5.74, 6) is -1.65. The molecule has 0 unspecified atom stereocenters. The molecule has 2 N–H and O–H groups in total. The predicted octanol–water partition coefficient (Wildman–Crippen LogP) is 1.03. The summed E-state index contributed by atoms with van der Waals surface area (Å²) in [4.78, 5) is 22.4. The number of carbonyl (C=O) groups excluding carboxylic acids is 1. The minimum atomic E-state index is -1.41. The zero-order valence-electron chi connectivity index (χ0n) is 10.6. The van der Waals surface area contributed by atoms with Gasteiger partial charge in [-0.05, 0) is 34.6 Å². The van der Waals surface area contributed by atoms with Crippen molar-refractivity contribution in [1.82, 2.24) is 5.32 Å². The first-order valence-corrected chi connectivity index (χ1v) is 5.29. The fraction of sp³-hybridized carbons (Fsp3) is 0.818. The third kappa shape index (κ3) is 4.18. The first kappa shape index (κ1) is 14.9. The van der Waals surface area contributed by atoms with Gasteiger partial charge in [-0.25, -0.2) is 0 Å². The molecular formula is C11H21NO4. The molecule has 0 aromatic heterocycles. The van der Waals surface area contributed by atoms with Gasteiger partial charge in [-0.1, -0.05) is 0 Å². The van der Waals surface area contributed by atoms with Crippen LogP contribution in [0.3, 0.4) is 0 Å². The second-order valence-electron chi connectivity index (χ2n) is 4.81. The lowest BCUT2D eigenvalue weighted by Crippen LogP contribution is -2.47. The Bertz CT molecular complexity index is 271. The maximum atomic E-state index is 11.6. The van der Waals surface area contributed by atoms with Crippen LogP contribution >= 0.6 is 0 Å². The third-order valence-electron chi connectivity index (χ3n) is 2.31. The molecule has 0 fully saturated rings. The summed E-state index contributed by atoms with van der Waals surface area (Å²) < 4.78 is 5.39. The van der Waals surface area contributed by atoms with Crippen LogP contribution < -0.4 is 5.32 Å². The van der Waals surface area contributed by atoms with E-state index in [0.717, 1.165) is 0 Å². The summed E-state index contributed by atoms with van der Waals surface area (Å²) in [5, 5.41) is 11.4. The molecule has 0 saturated carbocycles. The van der Waals surface area contributed by atoms with Crippen LogP contribution in [0, 0.1) is 5.41 Å². The monoisotopic (exact) mass is 231 g/mol. The molecule has 1 amide bonds. The number of ether oxygens (including phenoxy) is 1. The number of carboxylic acids is 1. The van der Waals surface area contributed by atoms with Crippen LogP contribution in [0.4, 0.5) is 0 Å². The van der Waals surface area contributed by atoms with E-state index in [-0.39, 0.29) is 6.54 Å². The SMILES string of the molecule is CCOC(C)(C)CNC(=O)C(C)(C)C(=O)O. The summed E-state index contributed by atoms with van der Waals surface area (Å²) in [7, 11) is 0. The maximum Gasteiger partial charge on any atom is 0.318 e. The quantitative estimate of drug-likeness (QED) is 0.669. The normalized spacial score (nSPS) is 12.3. The predicted molar refractivity (Wildman–Crippen MR) is 60.1 cm³/mol. The molecule has 0 aromatic rings. The Hall–Kier alpha value is -1.10. The van der Waals surface area contributed by atoms with Gasteiger partial charge in [0.25, 0.3) is 0 Å². The number of rotatable bonds is 6. The molecule has 94 valence electrons. The van der Waals surface area contributed by atoms with Crippen molar-refractivity contribution in [2.45, 2.75) is 40.2 Å². The van der Waals surface area contributed by atoms with E-state index in [9.17, 15) is 9.59 Å². The van der Waals surface area contributed by atoms with Crippen LogP contribution in [-0.2, 0) is 14.3 Å². The van der Waals surface area contributed by atoms with Crippen molar-refractivity contribution in [2.75, 3.05) is 13.2 Å². The summed E-state index contributed by atoms with van der Waals surface area (Å²) in [6.45, 7) is 9.12. The summed E-state index contributed by atoms with van der Waals surface area (Å²) >= 11 is 0. The molecule has 0 saturated heterocycles. The van der Waals surface area contributed by atoms with Gasteiger partial charge in [-0.3, -0.25) is 9.59 Å². The molecule has 0 rings (SSSR count). The first-order valence-electron chi connectivity index (χ1n) is 5.29. The van der Waals surface area contributed by atoms with E-state index in [1.165, 1.54) is 13.8 Å². The molecular weight excluding hydrogens is 210 g/mol. The van der Waals surface area contributed by atoms with Gasteiger partial charge >= 0.3 is 5.97 Å². The Morgan fingerprint density at radius 3 is 2.12 bits per heavy atom. The van der Waals surface area contributed by atoms with Crippen molar-refractivity contribution in [3.8, 4) is 0 Å². The summed E-state index contributed by atoms with van der Waals surface area (Å²) in [6.07, 6.45) is 0. The van der Waals surface area contributed by atoms with Gasteiger partial charge in [0.15, 0.2) is 0 Å². The largest absolute Gasteiger partial charge is 0.480 e. The highest BCUT2D eigenvalue weighted by Crippen LogP contribution is 2.16. The van der Waals surface area contributed by atoms with Gasteiger partial charge in [-0.2, -0.15) is 0 Å². The number of hydrogen-bond donors (Lipinski definition) is 2. The third-order valence-corrected chi connectivity index (χ3v) is 2.31. The molecule has 0 atom stereocenters. The van der Waals surface area contributed by atoms with Crippen molar-refractivity contribution >= 4 is 11.9 Å². The smallest absolute Gasteiger partial charge is 0.318 e. The number of carboxylic acid groups (broad SMARTS) is 1. The molecule has 0 aliphatic carbocycles. The van der Waals surface area contributed by atoms with Crippen LogP contribution in [0.2, 0.25) is 0 Å². The molecule has 5 heteroatoms. The van der Waals surface area contributed by atoms with Gasteiger partial charge in [0.2, 0.25) is 5.91 Å². The number of carbonyl (C=O) groups is 2. The van der Waals surface area contributed by atoms with E-state index < -0.39 is 22.9 Å². The lowest BCUT2D eigenvalue weighted by molar-refractivity contribution is -0.153. The number of aliphatic carboxylic acids is 1. The van der Waals surface area contributed by atoms with Crippen molar-refractivity contribution in [2.24, 2.45) is 5.41 Å². The lowest BCUT2D eigenvalue weighted by Gasteiger charge is -2.27. The molecule has 5 nitrogen and oxygen atoms in total. The molecule has 16 heavy (non-hydrogen) atoms. The zero-order valence-corrected chi connectivity index (χ0v) is 10.6.